The molecule has 0 radical (unpaired) electrons. The van der Waals surface area contributed by atoms with Crippen molar-refractivity contribution in [2.45, 2.75) is 71.8 Å². The van der Waals surface area contributed by atoms with E-state index in [-0.39, 0.29) is 36.3 Å². The van der Waals surface area contributed by atoms with Gasteiger partial charge >= 0.3 is 5.97 Å². The zero-order chi connectivity index (χ0) is 26.8. The van der Waals surface area contributed by atoms with Crippen LogP contribution in [0.1, 0.15) is 88.2 Å². The number of unbranched alkanes of at least 4 members (excludes halogenated alkanes) is 1. The standard InChI is InChI=1S/C29H38N4O4/c1-6-8-9-24(20-10-12-21(13-11-20)26-32-28(37-33-26)29(3,4)5)31-23-16-14-22(15-17-23)27(35)30-19-18-25(34)36-7-2/h10-17,24,31H,6-9,18-19H2,1-5H3,(H,30,35). The zero-order valence-electron chi connectivity index (χ0n) is 22.5. The molecule has 3 rings (SSSR count). The lowest BCUT2D eigenvalue weighted by Gasteiger charge is -2.21. The average molecular weight is 507 g/mol. The van der Waals surface area contributed by atoms with Crippen LogP contribution in [0.4, 0.5) is 5.69 Å². The average Bonchev–Trinajstić information content (AvgIpc) is 3.38. The molecule has 2 aromatic carbocycles. The van der Waals surface area contributed by atoms with E-state index >= 15 is 0 Å². The van der Waals surface area contributed by atoms with Crippen molar-refractivity contribution in [3.05, 3.63) is 65.5 Å². The molecular weight excluding hydrogens is 468 g/mol. The molecule has 1 atom stereocenters. The van der Waals surface area contributed by atoms with Crippen LogP contribution < -0.4 is 10.6 Å². The van der Waals surface area contributed by atoms with E-state index in [2.05, 4.69) is 39.8 Å². The molecule has 1 unspecified atom stereocenters. The lowest BCUT2D eigenvalue weighted by molar-refractivity contribution is -0.142. The minimum absolute atomic E-state index is 0.119. The Morgan fingerprint density at radius 1 is 1.03 bits per heavy atom. The SMILES string of the molecule is CCCCC(Nc1ccc(C(=O)NCCC(=O)OCC)cc1)c1ccc(-c2noc(C(C)(C)C)n2)cc1. The van der Waals surface area contributed by atoms with Gasteiger partial charge in [-0.05, 0) is 43.2 Å². The Bertz CT molecular complexity index is 1150. The minimum Gasteiger partial charge on any atom is -0.466 e. The van der Waals surface area contributed by atoms with Gasteiger partial charge in [-0.3, -0.25) is 9.59 Å². The summed E-state index contributed by atoms with van der Waals surface area (Å²) in [5, 5.41) is 10.5. The summed E-state index contributed by atoms with van der Waals surface area (Å²) in [6, 6.07) is 15.7. The summed E-state index contributed by atoms with van der Waals surface area (Å²) < 4.78 is 10.3. The van der Waals surface area contributed by atoms with Gasteiger partial charge in [0.05, 0.1) is 19.1 Å². The molecule has 0 spiro atoms. The molecular formula is C29H38N4O4. The van der Waals surface area contributed by atoms with Crippen LogP contribution in [-0.4, -0.2) is 35.2 Å². The normalized spacial score (nSPS) is 12.1. The van der Waals surface area contributed by atoms with Gasteiger partial charge in [-0.15, -0.1) is 0 Å². The highest BCUT2D eigenvalue weighted by Gasteiger charge is 2.22. The maximum absolute atomic E-state index is 12.4. The van der Waals surface area contributed by atoms with Gasteiger partial charge in [0, 0.05) is 28.8 Å². The molecule has 198 valence electrons. The van der Waals surface area contributed by atoms with Gasteiger partial charge in [-0.1, -0.05) is 70.0 Å². The number of aromatic nitrogens is 2. The van der Waals surface area contributed by atoms with Crippen molar-refractivity contribution in [1.82, 2.24) is 15.5 Å². The topological polar surface area (TPSA) is 106 Å². The Balaban J connectivity index is 1.65. The molecule has 0 aliphatic rings. The number of hydrogen-bond donors (Lipinski definition) is 2. The summed E-state index contributed by atoms with van der Waals surface area (Å²) in [6.45, 7) is 10.6. The van der Waals surface area contributed by atoms with Crippen molar-refractivity contribution in [1.29, 1.82) is 0 Å². The van der Waals surface area contributed by atoms with Crippen molar-refractivity contribution >= 4 is 17.6 Å². The second kappa shape index (κ2) is 13.0. The fraction of sp³-hybridized carbons (Fsp3) is 0.448. The van der Waals surface area contributed by atoms with Crippen LogP contribution in [-0.2, 0) is 14.9 Å². The molecule has 1 heterocycles. The zero-order valence-corrected chi connectivity index (χ0v) is 22.5. The molecule has 2 N–H and O–H groups in total. The fourth-order valence-electron chi connectivity index (χ4n) is 3.77. The van der Waals surface area contributed by atoms with Gasteiger partial charge in [-0.25, -0.2) is 0 Å². The lowest BCUT2D eigenvalue weighted by atomic mass is 9.97. The van der Waals surface area contributed by atoms with Crippen LogP contribution in [0.25, 0.3) is 11.4 Å². The smallest absolute Gasteiger partial charge is 0.307 e. The molecule has 1 aromatic heterocycles. The summed E-state index contributed by atoms with van der Waals surface area (Å²) >= 11 is 0. The number of rotatable bonds is 12. The molecule has 3 aromatic rings. The van der Waals surface area contributed by atoms with Gasteiger partial charge in [0.25, 0.3) is 5.91 Å². The molecule has 8 heteroatoms. The molecule has 0 aliphatic carbocycles. The molecule has 0 fully saturated rings. The van der Waals surface area contributed by atoms with Crippen molar-refractivity contribution < 1.29 is 18.8 Å². The Morgan fingerprint density at radius 3 is 2.32 bits per heavy atom. The van der Waals surface area contributed by atoms with E-state index in [0.717, 1.165) is 36.1 Å². The predicted octanol–water partition coefficient (Wildman–Crippen LogP) is 6.06. The summed E-state index contributed by atoms with van der Waals surface area (Å²) in [7, 11) is 0. The Kier molecular flexibility index (Phi) is 9.83. The quantitative estimate of drug-likeness (QED) is 0.288. The second-order valence-corrected chi connectivity index (χ2v) is 10.0. The second-order valence-electron chi connectivity index (χ2n) is 10.0. The number of anilines is 1. The number of amides is 1. The van der Waals surface area contributed by atoms with Gasteiger partial charge < -0.3 is 19.9 Å². The van der Waals surface area contributed by atoms with Crippen LogP contribution >= 0.6 is 0 Å². The Morgan fingerprint density at radius 2 is 1.73 bits per heavy atom. The summed E-state index contributed by atoms with van der Waals surface area (Å²) in [5.41, 5.74) is 3.35. The number of nitrogens with zero attached hydrogens (tertiary/aromatic N) is 2. The molecule has 0 aliphatic heterocycles. The van der Waals surface area contributed by atoms with E-state index < -0.39 is 0 Å². The molecule has 8 nitrogen and oxygen atoms in total. The first-order valence-electron chi connectivity index (χ1n) is 13.0. The van der Waals surface area contributed by atoms with Gasteiger partial charge in [-0.2, -0.15) is 4.98 Å². The van der Waals surface area contributed by atoms with Gasteiger partial charge in [0.1, 0.15) is 0 Å². The van der Waals surface area contributed by atoms with Crippen molar-refractivity contribution in [3.63, 3.8) is 0 Å². The predicted molar refractivity (Wildman–Crippen MR) is 144 cm³/mol. The largest absolute Gasteiger partial charge is 0.466 e. The molecule has 0 saturated carbocycles. The highest BCUT2D eigenvalue weighted by molar-refractivity contribution is 5.94. The van der Waals surface area contributed by atoms with E-state index in [1.165, 1.54) is 0 Å². The first-order valence-corrected chi connectivity index (χ1v) is 13.0. The molecule has 0 bridgehead atoms. The van der Waals surface area contributed by atoms with Gasteiger partial charge in [0.2, 0.25) is 11.7 Å². The van der Waals surface area contributed by atoms with Crippen molar-refractivity contribution in [2.75, 3.05) is 18.5 Å². The van der Waals surface area contributed by atoms with E-state index in [0.29, 0.717) is 23.9 Å². The number of carbonyl (C=O) groups is 2. The van der Waals surface area contributed by atoms with Crippen molar-refractivity contribution in [3.8, 4) is 11.4 Å². The van der Waals surface area contributed by atoms with E-state index in [1.807, 2.05) is 45.0 Å². The number of nitrogens with one attached hydrogen (secondary N) is 2. The number of esters is 1. The van der Waals surface area contributed by atoms with E-state index in [1.54, 1.807) is 19.1 Å². The first kappa shape index (κ1) is 27.9. The maximum Gasteiger partial charge on any atom is 0.307 e. The maximum atomic E-state index is 12.4. The summed E-state index contributed by atoms with van der Waals surface area (Å²) in [6.07, 6.45) is 3.31. The van der Waals surface area contributed by atoms with E-state index in [9.17, 15) is 9.59 Å². The van der Waals surface area contributed by atoms with E-state index in [4.69, 9.17) is 9.26 Å². The minimum atomic E-state index is -0.319. The Labute approximate surface area is 219 Å². The molecule has 37 heavy (non-hydrogen) atoms. The third kappa shape index (κ3) is 8.17. The number of benzene rings is 2. The van der Waals surface area contributed by atoms with Crippen LogP contribution in [0.3, 0.4) is 0 Å². The molecule has 0 saturated heterocycles. The third-order valence-corrected chi connectivity index (χ3v) is 5.89. The number of carbonyl (C=O) groups excluding carboxylic acids is 2. The fourth-order valence-corrected chi connectivity index (χ4v) is 3.77. The van der Waals surface area contributed by atoms with Crippen LogP contribution in [0, 0.1) is 0 Å². The number of hydrogen-bond acceptors (Lipinski definition) is 7. The van der Waals surface area contributed by atoms with Crippen LogP contribution in [0.5, 0.6) is 0 Å². The first-order chi connectivity index (χ1) is 17.7. The van der Waals surface area contributed by atoms with Crippen molar-refractivity contribution in [2.24, 2.45) is 0 Å². The monoisotopic (exact) mass is 506 g/mol. The summed E-state index contributed by atoms with van der Waals surface area (Å²) in [4.78, 5) is 28.4. The van der Waals surface area contributed by atoms with Crippen LogP contribution in [0.15, 0.2) is 53.1 Å². The summed E-state index contributed by atoms with van der Waals surface area (Å²) in [5.74, 6) is 0.668. The highest BCUT2D eigenvalue weighted by atomic mass is 16.5. The van der Waals surface area contributed by atoms with Crippen LogP contribution in [0.2, 0.25) is 0 Å². The highest BCUT2D eigenvalue weighted by Crippen LogP contribution is 2.28. The third-order valence-electron chi connectivity index (χ3n) is 5.89. The number of ether oxygens (including phenoxy) is 1. The molecule has 1 amide bonds. The Hall–Kier alpha value is -3.68. The van der Waals surface area contributed by atoms with Gasteiger partial charge in [0.15, 0.2) is 0 Å². The lowest BCUT2D eigenvalue weighted by Crippen LogP contribution is -2.26.